The fourth-order valence-corrected chi connectivity index (χ4v) is 1.14. The van der Waals surface area contributed by atoms with Crippen LogP contribution in [0, 0.1) is 5.92 Å². The van der Waals surface area contributed by atoms with Gasteiger partial charge in [0.25, 0.3) is 0 Å². The average molecular weight is 185 g/mol. The van der Waals surface area contributed by atoms with E-state index in [1.165, 1.54) is 6.42 Å². The van der Waals surface area contributed by atoms with E-state index in [9.17, 15) is 4.79 Å². The van der Waals surface area contributed by atoms with Gasteiger partial charge in [0.15, 0.2) is 0 Å². The molecule has 0 bridgehead atoms. The lowest BCUT2D eigenvalue weighted by molar-refractivity contribution is 0.227. The van der Waals surface area contributed by atoms with Crippen molar-refractivity contribution in [2.75, 3.05) is 13.1 Å². The molecule has 0 radical (unpaired) electrons. The van der Waals surface area contributed by atoms with Gasteiger partial charge in [-0.15, -0.1) is 0 Å². The number of nitrogens with one attached hydrogen (secondary N) is 2. The topological polar surface area (TPSA) is 67.1 Å². The molecule has 1 aliphatic carbocycles. The Labute approximate surface area is 79.3 Å². The van der Waals surface area contributed by atoms with Crippen LogP contribution in [0.5, 0.6) is 0 Å². The molecule has 13 heavy (non-hydrogen) atoms. The summed E-state index contributed by atoms with van der Waals surface area (Å²) in [7, 11) is 0. The SMILES string of the molecule is CC(CN)CNC(=O)NC1CCC1. The number of hydrogen-bond donors (Lipinski definition) is 3. The highest BCUT2D eigenvalue weighted by molar-refractivity contribution is 5.74. The Kier molecular flexibility index (Phi) is 4.02. The molecule has 4 nitrogen and oxygen atoms in total. The summed E-state index contributed by atoms with van der Waals surface area (Å²) in [6.45, 7) is 3.29. The van der Waals surface area contributed by atoms with Crippen molar-refractivity contribution >= 4 is 6.03 Å². The maximum Gasteiger partial charge on any atom is 0.315 e. The standard InChI is InChI=1S/C9H19N3O/c1-7(5-10)6-11-9(13)12-8-3-2-4-8/h7-8H,2-6,10H2,1H3,(H2,11,12,13). The molecular formula is C9H19N3O. The Morgan fingerprint density at radius 1 is 1.62 bits per heavy atom. The second-order valence-corrected chi connectivity index (χ2v) is 3.82. The van der Waals surface area contributed by atoms with Crippen molar-refractivity contribution in [2.45, 2.75) is 32.2 Å². The van der Waals surface area contributed by atoms with Gasteiger partial charge in [-0.05, 0) is 31.7 Å². The molecule has 0 aromatic rings. The first-order chi connectivity index (χ1) is 6.22. The van der Waals surface area contributed by atoms with Crippen LogP contribution in [0.1, 0.15) is 26.2 Å². The third-order valence-electron chi connectivity index (χ3n) is 2.45. The van der Waals surface area contributed by atoms with E-state index in [0.717, 1.165) is 12.8 Å². The summed E-state index contributed by atoms with van der Waals surface area (Å²) in [6, 6.07) is 0.359. The minimum Gasteiger partial charge on any atom is -0.338 e. The van der Waals surface area contributed by atoms with Gasteiger partial charge in [-0.2, -0.15) is 0 Å². The maximum atomic E-state index is 11.2. The molecule has 1 rings (SSSR count). The Morgan fingerprint density at radius 3 is 2.77 bits per heavy atom. The molecule has 1 unspecified atom stereocenters. The van der Waals surface area contributed by atoms with Crippen LogP contribution in [0.3, 0.4) is 0 Å². The molecule has 1 aliphatic rings. The second-order valence-electron chi connectivity index (χ2n) is 3.82. The number of nitrogens with two attached hydrogens (primary N) is 1. The summed E-state index contributed by atoms with van der Waals surface area (Å²) < 4.78 is 0. The van der Waals surface area contributed by atoms with Crippen LogP contribution in [-0.2, 0) is 0 Å². The predicted octanol–water partition coefficient (Wildman–Crippen LogP) is 0.433. The lowest BCUT2D eigenvalue weighted by Crippen LogP contribution is -2.46. The summed E-state index contributed by atoms with van der Waals surface area (Å²) in [4.78, 5) is 11.2. The molecule has 1 saturated carbocycles. The average Bonchev–Trinajstić information content (AvgIpc) is 2.07. The van der Waals surface area contributed by atoms with E-state index in [1.807, 2.05) is 6.92 Å². The van der Waals surface area contributed by atoms with Gasteiger partial charge in [0.05, 0.1) is 0 Å². The monoisotopic (exact) mass is 185 g/mol. The summed E-state index contributed by atoms with van der Waals surface area (Å²) >= 11 is 0. The van der Waals surface area contributed by atoms with Crippen LogP contribution < -0.4 is 16.4 Å². The highest BCUT2D eigenvalue weighted by Gasteiger charge is 2.18. The van der Waals surface area contributed by atoms with Gasteiger partial charge in [-0.25, -0.2) is 4.79 Å². The normalized spacial score (nSPS) is 18.9. The van der Waals surface area contributed by atoms with E-state index in [2.05, 4.69) is 10.6 Å². The van der Waals surface area contributed by atoms with Crippen molar-refractivity contribution < 1.29 is 4.79 Å². The molecule has 0 aliphatic heterocycles. The molecule has 0 saturated heterocycles. The number of carbonyl (C=O) groups is 1. The zero-order valence-electron chi connectivity index (χ0n) is 8.18. The molecule has 1 atom stereocenters. The van der Waals surface area contributed by atoms with Crippen LogP contribution in [0.25, 0.3) is 0 Å². The van der Waals surface area contributed by atoms with Crippen LogP contribution in [0.2, 0.25) is 0 Å². The van der Waals surface area contributed by atoms with E-state index in [-0.39, 0.29) is 6.03 Å². The second kappa shape index (κ2) is 5.07. The Bertz CT molecular complexity index is 168. The number of amides is 2. The first-order valence-corrected chi connectivity index (χ1v) is 4.96. The maximum absolute atomic E-state index is 11.2. The summed E-state index contributed by atoms with van der Waals surface area (Å²) in [5.74, 6) is 0.354. The van der Waals surface area contributed by atoms with E-state index in [1.54, 1.807) is 0 Å². The molecule has 0 aromatic heterocycles. The van der Waals surface area contributed by atoms with Gasteiger partial charge < -0.3 is 16.4 Å². The molecule has 1 fully saturated rings. The first kappa shape index (κ1) is 10.3. The van der Waals surface area contributed by atoms with Crippen LogP contribution in [-0.4, -0.2) is 25.2 Å². The summed E-state index contributed by atoms with van der Waals surface area (Å²) in [6.07, 6.45) is 3.49. The van der Waals surface area contributed by atoms with Gasteiger partial charge in [0.1, 0.15) is 0 Å². The van der Waals surface area contributed by atoms with Gasteiger partial charge in [-0.3, -0.25) is 0 Å². The molecule has 0 heterocycles. The van der Waals surface area contributed by atoms with Crippen molar-refractivity contribution in [3.8, 4) is 0 Å². The Hall–Kier alpha value is -0.770. The van der Waals surface area contributed by atoms with Gasteiger partial charge in [0.2, 0.25) is 0 Å². The highest BCUT2D eigenvalue weighted by atomic mass is 16.2. The smallest absolute Gasteiger partial charge is 0.315 e. The lowest BCUT2D eigenvalue weighted by atomic mass is 9.93. The van der Waals surface area contributed by atoms with E-state index >= 15 is 0 Å². The zero-order valence-corrected chi connectivity index (χ0v) is 8.18. The molecule has 4 heteroatoms. The zero-order chi connectivity index (χ0) is 9.68. The van der Waals surface area contributed by atoms with Gasteiger partial charge in [0, 0.05) is 12.6 Å². The van der Waals surface area contributed by atoms with Crippen LogP contribution in [0.15, 0.2) is 0 Å². The fraction of sp³-hybridized carbons (Fsp3) is 0.889. The van der Waals surface area contributed by atoms with Crippen LogP contribution in [0.4, 0.5) is 4.79 Å². The minimum atomic E-state index is -0.0509. The fourth-order valence-electron chi connectivity index (χ4n) is 1.14. The van der Waals surface area contributed by atoms with Gasteiger partial charge in [-0.1, -0.05) is 6.92 Å². The largest absolute Gasteiger partial charge is 0.338 e. The molecule has 4 N–H and O–H groups in total. The molecule has 76 valence electrons. The third-order valence-corrected chi connectivity index (χ3v) is 2.45. The van der Waals surface area contributed by atoms with E-state index in [4.69, 9.17) is 5.73 Å². The Balaban J connectivity index is 2.03. The number of urea groups is 1. The quantitative estimate of drug-likeness (QED) is 0.594. The van der Waals surface area contributed by atoms with Gasteiger partial charge >= 0.3 is 6.03 Å². The number of hydrogen-bond acceptors (Lipinski definition) is 2. The first-order valence-electron chi connectivity index (χ1n) is 4.96. The van der Waals surface area contributed by atoms with Crippen molar-refractivity contribution in [2.24, 2.45) is 11.7 Å². The number of rotatable bonds is 4. The summed E-state index contributed by atoms with van der Waals surface area (Å²) in [5.41, 5.74) is 5.43. The highest BCUT2D eigenvalue weighted by Crippen LogP contribution is 2.17. The van der Waals surface area contributed by atoms with Crippen LogP contribution >= 0.6 is 0 Å². The molecular weight excluding hydrogens is 166 g/mol. The van der Waals surface area contributed by atoms with E-state index < -0.39 is 0 Å². The van der Waals surface area contributed by atoms with Crippen molar-refractivity contribution in [1.82, 2.24) is 10.6 Å². The number of carbonyl (C=O) groups excluding carboxylic acids is 1. The minimum absolute atomic E-state index is 0.0509. The van der Waals surface area contributed by atoms with Crippen molar-refractivity contribution in [1.29, 1.82) is 0 Å². The van der Waals surface area contributed by atoms with Crippen molar-refractivity contribution in [3.05, 3.63) is 0 Å². The third kappa shape index (κ3) is 3.63. The summed E-state index contributed by atoms with van der Waals surface area (Å²) in [5, 5.41) is 5.71. The molecule has 0 spiro atoms. The lowest BCUT2D eigenvalue weighted by Gasteiger charge is -2.26. The molecule has 2 amide bonds. The van der Waals surface area contributed by atoms with E-state index in [0.29, 0.717) is 25.0 Å². The Morgan fingerprint density at radius 2 is 2.31 bits per heavy atom. The predicted molar refractivity (Wildman–Crippen MR) is 52.4 cm³/mol. The van der Waals surface area contributed by atoms with Crippen molar-refractivity contribution in [3.63, 3.8) is 0 Å². The molecule has 0 aromatic carbocycles.